The van der Waals surface area contributed by atoms with Crippen molar-refractivity contribution in [2.45, 2.75) is 13.3 Å². The molecule has 1 aliphatic rings. The first-order valence-electron chi connectivity index (χ1n) is 5.39. The van der Waals surface area contributed by atoms with Gasteiger partial charge in [-0.15, -0.1) is 5.73 Å². The third kappa shape index (κ3) is 1.79. The number of fused-ring (bicyclic) bond motifs is 1. The maximum absolute atomic E-state index is 12.2. The van der Waals surface area contributed by atoms with E-state index in [0.717, 1.165) is 0 Å². The minimum absolute atomic E-state index is 0.0623. The van der Waals surface area contributed by atoms with Crippen molar-refractivity contribution in [3.05, 3.63) is 64.9 Å². The monoisotopic (exact) mass is 224 g/mol. The Kier molecular flexibility index (Phi) is 2.90. The molecule has 2 heteroatoms. The summed E-state index contributed by atoms with van der Waals surface area (Å²) in [5, 5.41) is 0. The van der Waals surface area contributed by atoms with Crippen LogP contribution >= 0.6 is 0 Å². The topological polar surface area (TPSA) is 34.1 Å². The van der Waals surface area contributed by atoms with Gasteiger partial charge in [-0.05, 0) is 13.0 Å². The quantitative estimate of drug-likeness (QED) is 0.723. The van der Waals surface area contributed by atoms with Gasteiger partial charge in [0.2, 0.25) is 0 Å². The highest BCUT2D eigenvalue weighted by atomic mass is 16.1. The van der Waals surface area contributed by atoms with E-state index in [-0.39, 0.29) is 11.6 Å². The summed E-state index contributed by atoms with van der Waals surface area (Å²) < 4.78 is 0. The van der Waals surface area contributed by atoms with Gasteiger partial charge in [0.1, 0.15) is 0 Å². The fourth-order valence-electron chi connectivity index (χ4n) is 1.97. The Morgan fingerprint density at radius 2 is 1.76 bits per heavy atom. The predicted octanol–water partition coefficient (Wildman–Crippen LogP) is 3.11. The number of benzene rings is 1. The largest absolute Gasteiger partial charge is 0.289 e. The Hall–Kier alpha value is -2.18. The van der Waals surface area contributed by atoms with Crippen molar-refractivity contribution >= 4 is 11.6 Å². The second-order valence-corrected chi connectivity index (χ2v) is 3.92. The number of Topliss-reactive ketones (excluding diaryl/α,β-unsaturated/α-hetero) is 2. The van der Waals surface area contributed by atoms with E-state index in [1.807, 2.05) is 0 Å². The summed E-state index contributed by atoms with van der Waals surface area (Å²) in [6.45, 7) is 5.16. The number of carbonyl (C=O) groups is 2. The van der Waals surface area contributed by atoms with Crippen LogP contribution in [-0.2, 0) is 0 Å². The molecule has 0 saturated carbocycles. The summed E-state index contributed by atoms with van der Waals surface area (Å²) >= 11 is 0. The summed E-state index contributed by atoms with van der Waals surface area (Å²) in [5.74, 6) is -0.128. The maximum Gasteiger partial charge on any atom is 0.190 e. The first kappa shape index (κ1) is 11.3. The van der Waals surface area contributed by atoms with E-state index >= 15 is 0 Å². The molecule has 0 saturated heterocycles. The van der Waals surface area contributed by atoms with Crippen molar-refractivity contribution < 1.29 is 9.59 Å². The van der Waals surface area contributed by atoms with Crippen molar-refractivity contribution in [3.63, 3.8) is 0 Å². The lowest BCUT2D eigenvalue weighted by Gasteiger charge is -2.17. The molecule has 0 aliphatic heterocycles. The van der Waals surface area contributed by atoms with Gasteiger partial charge in [0.25, 0.3) is 0 Å². The van der Waals surface area contributed by atoms with Crippen molar-refractivity contribution in [2.24, 2.45) is 0 Å². The van der Waals surface area contributed by atoms with E-state index in [0.29, 0.717) is 28.7 Å². The van der Waals surface area contributed by atoms with E-state index in [9.17, 15) is 9.59 Å². The molecule has 0 radical (unpaired) electrons. The molecule has 0 N–H and O–H groups in total. The van der Waals surface area contributed by atoms with Crippen LogP contribution in [0.5, 0.6) is 0 Å². The van der Waals surface area contributed by atoms with E-state index in [2.05, 4.69) is 12.3 Å². The van der Waals surface area contributed by atoms with Crippen LogP contribution in [0.1, 0.15) is 34.1 Å². The van der Waals surface area contributed by atoms with E-state index < -0.39 is 0 Å². The van der Waals surface area contributed by atoms with Crippen LogP contribution in [-0.4, -0.2) is 11.6 Å². The van der Waals surface area contributed by atoms with E-state index in [4.69, 9.17) is 0 Å². The van der Waals surface area contributed by atoms with Crippen molar-refractivity contribution in [1.29, 1.82) is 0 Å². The van der Waals surface area contributed by atoms with Gasteiger partial charge in [0, 0.05) is 28.7 Å². The molecular weight excluding hydrogens is 212 g/mol. The molecule has 0 unspecified atom stereocenters. The molecule has 1 aliphatic carbocycles. The highest BCUT2D eigenvalue weighted by Crippen LogP contribution is 2.27. The molecule has 1 aromatic carbocycles. The van der Waals surface area contributed by atoms with E-state index in [1.165, 1.54) is 0 Å². The number of rotatable bonds is 2. The zero-order chi connectivity index (χ0) is 12.4. The minimum atomic E-state index is -0.0656. The van der Waals surface area contributed by atoms with Gasteiger partial charge in [-0.1, -0.05) is 30.8 Å². The molecule has 17 heavy (non-hydrogen) atoms. The van der Waals surface area contributed by atoms with Gasteiger partial charge in [-0.2, -0.15) is 0 Å². The number of allylic oxidation sites excluding steroid dienone is 3. The summed E-state index contributed by atoms with van der Waals surface area (Å²) in [5.41, 5.74) is 4.69. The summed E-state index contributed by atoms with van der Waals surface area (Å²) in [6.07, 6.45) is 2.08. The normalized spacial score (nSPS) is 14.4. The highest BCUT2D eigenvalue weighted by Gasteiger charge is 2.28. The Labute approximate surface area is 100.0 Å². The maximum atomic E-state index is 12.2. The number of hydrogen-bond acceptors (Lipinski definition) is 2. The van der Waals surface area contributed by atoms with Crippen molar-refractivity contribution in [3.8, 4) is 0 Å². The third-order valence-corrected chi connectivity index (χ3v) is 2.93. The van der Waals surface area contributed by atoms with Crippen LogP contribution < -0.4 is 0 Å². The predicted molar refractivity (Wildman–Crippen MR) is 66.1 cm³/mol. The standard InChI is InChI=1S/C15H12O2/c1-3-4-7-11-10(2)14(16)12-8-5-6-9-13(12)15(11)17/h4-6,8-9H,1,7H2,2H3. The Morgan fingerprint density at radius 1 is 1.18 bits per heavy atom. The zero-order valence-corrected chi connectivity index (χ0v) is 9.62. The number of hydrogen-bond donors (Lipinski definition) is 0. The van der Waals surface area contributed by atoms with Gasteiger partial charge in [-0.25, -0.2) is 0 Å². The third-order valence-electron chi connectivity index (χ3n) is 2.93. The summed E-state index contributed by atoms with van der Waals surface area (Å²) in [6, 6.07) is 6.93. The molecule has 0 bridgehead atoms. The SMILES string of the molecule is C=C=CCC1=C(C)C(=O)c2ccccc2C1=O. The number of ketones is 2. The van der Waals surface area contributed by atoms with E-state index in [1.54, 1.807) is 37.3 Å². The smallest absolute Gasteiger partial charge is 0.190 e. The molecule has 0 amide bonds. The fraction of sp³-hybridized carbons (Fsp3) is 0.133. The molecular formula is C15H12O2. The molecule has 0 heterocycles. The molecule has 2 nitrogen and oxygen atoms in total. The second kappa shape index (κ2) is 4.36. The van der Waals surface area contributed by atoms with Crippen LogP contribution in [0.2, 0.25) is 0 Å². The summed E-state index contributed by atoms with van der Waals surface area (Å²) in [4.78, 5) is 24.3. The Morgan fingerprint density at radius 3 is 2.35 bits per heavy atom. The Balaban J connectivity index is 2.57. The highest BCUT2D eigenvalue weighted by molar-refractivity contribution is 6.26. The fourth-order valence-corrected chi connectivity index (χ4v) is 1.97. The van der Waals surface area contributed by atoms with Crippen LogP contribution in [0.3, 0.4) is 0 Å². The molecule has 1 aromatic rings. The lowest BCUT2D eigenvalue weighted by atomic mass is 9.83. The average molecular weight is 224 g/mol. The van der Waals surface area contributed by atoms with Gasteiger partial charge < -0.3 is 0 Å². The van der Waals surface area contributed by atoms with Crippen LogP contribution in [0, 0.1) is 0 Å². The zero-order valence-electron chi connectivity index (χ0n) is 9.62. The van der Waals surface area contributed by atoms with Gasteiger partial charge in [0.15, 0.2) is 11.6 Å². The summed E-state index contributed by atoms with van der Waals surface area (Å²) in [7, 11) is 0. The molecule has 2 rings (SSSR count). The lowest BCUT2D eigenvalue weighted by molar-refractivity contribution is 0.0973. The van der Waals surface area contributed by atoms with Crippen LogP contribution in [0.25, 0.3) is 0 Å². The van der Waals surface area contributed by atoms with Crippen molar-refractivity contribution in [1.82, 2.24) is 0 Å². The Bertz CT molecular complexity index is 585. The minimum Gasteiger partial charge on any atom is -0.289 e. The molecule has 0 fully saturated rings. The first-order valence-corrected chi connectivity index (χ1v) is 5.39. The molecule has 0 spiro atoms. The molecule has 0 aromatic heterocycles. The van der Waals surface area contributed by atoms with Gasteiger partial charge >= 0.3 is 0 Å². The molecule has 0 atom stereocenters. The van der Waals surface area contributed by atoms with Gasteiger partial charge in [-0.3, -0.25) is 9.59 Å². The van der Waals surface area contributed by atoms with Crippen LogP contribution in [0.4, 0.5) is 0 Å². The van der Waals surface area contributed by atoms with Crippen molar-refractivity contribution in [2.75, 3.05) is 0 Å². The molecule has 84 valence electrons. The van der Waals surface area contributed by atoms with Crippen LogP contribution in [0.15, 0.2) is 53.8 Å². The van der Waals surface area contributed by atoms with Gasteiger partial charge in [0.05, 0.1) is 0 Å². The second-order valence-electron chi connectivity index (χ2n) is 3.92. The average Bonchev–Trinajstić information content (AvgIpc) is 2.36. The first-order chi connectivity index (χ1) is 8.16. The number of carbonyl (C=O) groups excluding carboxylic acids is 2. The lowest BCUT2D eigenvalue weighted by Crippen LogP contribution is -2.20.